The number of aromatic nitrogens is 1. The van der Waals surface area contributed by atoms with E-state index in [1.54, 1.807) is 11.3 Å². The maximum Gasteiger partial charge on any atom is 0.0931 e. The van der Waals surface area contributed by atoms with E-state index in [4.69, 9.17) is 17.4 Å². The van der Waals surface area contributed by atoms with Gasteiger partial charge in [0.25, 0.3) is 0 Å². The van der Waals surface area contributed by atoms with Crippen LogP contribution < -0.4 is 11.3 Å². The van der Waals surface area contributed by atoms with Gasteiger partial charge in [0.2, 0.25) is 0 Å². The first kappa shape index (κ1) is 13.5. The van der Waals surface area contributed by atoms with Crippen LogP contribution in [0, 0.1) is 0 Å². The van der Waals surface area contributed by atoms with Crippen molar-refractivity contribution < 1.29 is 0 Å². The minimum Gasteiger partial charge on any atom is -0.271 e. The van der Waals surface area contributed by atoms with Crippen LogP contribution in [0.25, 0.3) is 0 Å². The molecular formula is C13H16ClN3S. The van der Waals surface area contributed by atoms with Crippen LogP contribution in [0.4, 0.5) is 0 Å². The lowest BCUT2D eigenvalue weighted by Gasteiger charge is -2.14. The highest BCUT2D eigenvalue weighted by molar-refractivity contribution is 7.16. The minimum atomic E-state index is 0.252. The Morgan fingerprint density at radius 3 is 2.83 bits per heavy atom. The molecule has 0 aliphatic carbocycles. The molecule has 0 aromatic carbocycles. The number of nitrogens with one attached hydrogen (secondary N) is 1. The van der Waals surface area contributed by atoms with Crippen LogP contribution in [-0.2, 0) is 12.8 Å². The molecule has 2 heterocycles. The number of hydrogen-bond acceptors (Lipinski definition) is 4. The van der Waals surface area contributed by atoms with Crippen LogP contribution in [0.3, 0.4) is 0 Å². The molecule has 0 aliphatic rings. The van der Waals surface area contributed by atoms with Crippen molar-refractivity contribution in [3.63, 3.8) is 0 Å². The summed E-state index contributed by atoms with van der Waals surface area (Å²) < 4.78 is 0.825. The molecule has 3 nitrogen and oxygen atoms in total. The second-order valence-corrected chi connectivity index (χ2v) is 5.93. The molecule has 0 radical (unpaired) electrons. The quantitative estimate of drug-likeness (QED) is 0.632. The average Bonchev–Trinajstić information content (AvgIpc) is 2.81. The fourth-order valence-electron chi connectivity index (χ4n) is 1.82. The number of nitrogens with two attached hydrogens (primary N) is 1. The van der Waals surface area contributed by atoms with Crippen LogP contribution in [0.5, 0.6) is 0 Å². The predicted molar refractivity (Wildman–Crippen MR) is 76.7 cm³/mol. The Morgan fingerprint density at radius 1 is 1.33 bits per heavy atom. The van der Waals surface area contributed by atoms with Crippen molar-refractivity contribution >= 4 is 22.9 Å². The van der Waals surface area contributed by atoms with Crippen molar-refractivity contribution in [1.29, 1.82) is 0 Å². The molecule has 18 heavy (non-hydrogen) atoms. The molecule has 5 heteroatoms. The maximum absolute atomic E-state index is 5.92. The van der Waals surface area contributed by atoms with Crippen LogP contribution in [0.15, 0.2) is 36.5 Å². The zero-order valence-corrected chi connectivity index (χ0v) is 11.5. The third kappa shape index (κ3) is 4.07. The van der Waals surface area contributed by atoms with Crippen molar-refractivity contribution in [2.45, 2.75) is 25.3 Å². The Labute approximate surface area is 116 Å². The predicted octanol–water partition coefficient (Wildman–Crippen LogP) is 2.80. The van der Waals surface area contributed by atoms with Gasteiger partial charge in [-0.25, -0.2) is 0 Å². The third-order valence-electron chi connectivity index (χ3n) is 2.79. The van der Waals surface area contributed by atoms with Gasteiger partial charge in [-0.3, -0.25) is 16.3 Å². The normalized spacial score (nSPS) is 12.6. The molecule has 2 aromatic heterocycles. The van der Waals surface area contributed by atoms with E-state index in [9.17, 15) is 0 Å². The molecule has 1 atom stereocenters. The lowest BCUT2D eigenvalue weighted by molar-refractivity contribution is 0.492. The zero-order chi connectivity index (χ0) is 12.8. The highest BCUT2D eigenvalue weighted by Gasteiger charge is 2.10. The van der Waals surface area contributed by atoms with Crippen molar-refractivity contribution in [3.05, 3.63) is 51.4 Å². The number of nitrogens with zero attached hydrogens (tertiary/aromatic N) is 1. The van der Waals surface area contributed by atoms with Gasteiger partial charge in [-0.1, -0.05) is 17.7 Å². The third-order valence-corrected chi connectivity index (χ3v) is 4.04. The second kappa shape index (κ2) is 6.85. The first-order valence-corrected chi connectivity index (χ1v) is 7.07. The largest absolute Gasteiger partial charge is 0.271 e. The number of aryl methyl sites for hydroxylation is 1. The summed E-state index contributed by atoms with van der Waals surface area (Å²) in [6, 6.07) is 10.2. The SMILES string of the molecule is NNC(CCc1ccccn1)Cc1ccc(Cl)s1. The molecule has 0 saturated heterocycles. The van der Waals surface area contributed by atoms with Gasteiger partial charge in [-0.15, -0.1) is 11.3 Å². The van der Waals surface area contributed by atoms with E-state index >= 15 is 0 Å². The molecule has 2 aromatic rings. The van der Waals surface area contributed by atoms with Gasteiger partial charge < -0.3 is 0 Å². The summed E-state index contributed by atoms with van der Waals surface area (Å²) in [4.78, 5) is 5.56. The van der Waals surface area contributed by atoms with E-state index in [2.05, 4.69) is 16.5 Å². The molecule has 96 valence electrons. The first-order valence-electron chi connectivity index (χ1n) is 5.88. The van der Waals surface area contributed by atoms with E-state index in [-0.39, 0.29) is 6.04 Å². The molecule has 0 saturated carbocycles. The Morgan fingerprint density at radius 2 is 2.22 bits per heavy atom. The van der Waals surface area contributed by atoms with Crippen molar-refractivity contribution in [3.8, 4) is 0 Å². The summed E-state index contributed by atoms with van der Waals surface area (Å²) in [7, 11) is 0. The monoisotopic (exact) mass is 281 g/mol. The molecule has 0 bridgehead atoms. The van der Waals surface area contributed by atoms with Gasteiger partial charge in [0.15, 0.2) is 0 Å². The number of rotatable bonds is 6. The molecule has 2 rings (SSSR count). The molecule has 0 amide bonds. The van der Waals surface area contributed by atoms with E-state index in [1.165, 1.54) is 4.88 Å². The van der Waals surface area contributed by atoms with Gasteiger partial charge in [-0.05, 0) is 43.5 Å². The highest BCUT2D eigenvalue weighted by Crippen LogP contribution is 2.23. The van der Waals surface area contributed by atoms with Gasteiger partial charge in [0.05, 0.1) is 4.34 Å². The number of thiophene rings is 1. The number of hydrogen-bond donors (Lipinski definition) is 2. The van der Waals surface area contributed by atoms with Gasteiger partial charge in [0.1, 0.15) is 0 Å². The zero-order valence-electron chi connectivity index (χ0n) is 9.97. The van der Waals surface area contributed by atoms with E-state index in [0.29, 0.717) is 0 Å². The Hall–Kier alpha value is -0.940. The molecule has 3 N–H and O–H groups in total. The van der Waals surface area contributed by atoms with Crippen molar-refractivity contribution in [2.75, 3.05) is 0 Å². The van der Waals surface area contributed by atoms with Gasteiger partial charge in [0, 0.05) is 22.8 Å². The molecule has 0 aliphatic heterocycles. The van der Waals surface area contributed by atoms with Crippen LogP contribution in [0.2, 0.25) is 4.34 Å². The van der Waals surface area contributed by atoms with Crippen LogP contribution >= 0.6 is 22.9 Å². The fourth-order valence-corrected chi connectivity index (χ4v) is 2.98. The van der Waals surface area contributed by atoms with Crippen LogP contribution in [-0.4, -0.2) is 11.0 Å². The second-order valence-electron chi connectivity index (χ2n) is 4.13. The number of pyridine rings is 1. The lowest BCUT2D eigenvalue weighted by Crippen LogP contribution is -2.37. The van der Waals surface area contributed by atoms with Crippen molar-refractivity contribution in [1.82, 2.24) is 10.4 Å². The topological polar surface area (TPSA) is 50.9 Å². The molecule has 0 spiro atoms. The lowest BCUT2D eigenvalue weighted by atomic mass is 10.1. The standard InChI is InChI=1S/C13H16ClN3S/c14-13-7-6-12(18-13)9-11(17-15)5-4-10-3-1-2-8-16-10/h1-3,6-8,11,17H,4-5,9,15H2. The summed E-state index contributed by atoms with van der Waals surface area (Å²) in [5.74, 6) is 5.59. The molecular weight excluding hydrogens is 266 g/mol. The van der Waals surface area contributed by atoms with Gasteiger partial charge in [-0.2, -0.15) is 0 Å². The van der Waals surface area contributed by atoms with E-state index in [1.807, 2.05) is 30.5 Å². The Balaban J connectivity index is 1.86. The van der Waals surface area contributed by atoms with Gasteiger partial charge >= 0.3 is 0 Å². The molecule has 0 fully saturated rings. The Bertz CT molecular complexity index is 472. The first-order chi connectivity index (χ1) is 8.78. The highest BCUT2D eigenvalue weighted by atomic mass is 35.5. The van der Waals surface area contributed by atoms with E-state index < -0.39 is 0 Å². The fraction of sp³-hybridized carbons (Fsp3) is 0.308. The minimum absolute atomic E-state index is 0.252. The smallest absolute Gasteiger partial charge is 0.0931 e. The number of halogens is 1. The van der Waals surface area contributed by atoms with Crippen LogP contribution in [0.1, 0.15) is 17.0 Å². The summed E-state index contributed by atoms with van der Waals surface area (Å²) in [5, 5.41) is 0. The maximum atomic E-state index is 5.92. The summed E-state index contributed by atoms with van der Waals surface area (Å²) in [5.41, 5.74) is 3.96. The average molecular weight is 282 g/mol. The summed E-state index contributed by atoms with van der Waals surface area (Å²) >= 11 is 7.52. The summed E-state index contributed by atoms with van der Waals surface area (Å²) in [6.07, 6.45) is 4.61. The number of hydrazine groups is 1. The Kier molecular flexibility index (Phi) is 5.13. The molecule has 1 unspecified atom stereocenters. The van der Waals surface area contributed by atoms with E-state index in [0.717, 1.165) is 29.3 Å². The van der Waals surface area contributed by atoms with Crippen molar-refractivity contribution in [2.24, 2.45) is 5.84 Å². The summed E-state index contributed by atoms with van der Waals surface area (Å²) in [6.45, 7) is 0.